The fraction of sp³-hybridized carbons (Fsp3) is 0.261. The molecule has 1 aromatic carbocycles. The molecule has 0 radical (unpaired) electrons. The van der Waals surface area contributed by atoms with Crippen molar-refractivity contribution in [1.82, 2.24) is 20.2 Å². The van der Waals surface area contributed by atoms with Crippen LogP contribution in [0.3, 0.4) is 0 Å². The Morgan fingerprint density at radius 1 is 1.10 bits per heavy atom. The van der Waals surface area contributed by atoms with Gasteiger partial charge in [0.1, 0.15) is 0 Å². The van der Waals surface area contributed by atoms with Crippen LogP contribution < -0.4 is 0 Å². The Bertz CT molecular complexity index is 1110. The van der Waals surface area contributed by atoms with Crippen molar-refractivity contribution in [2.75, 3.05) is 0 Å². The first-order chi connectivity index (χ1) is 14.2. The number of aromatic nitrogens is 4. The number of aromatic amines is 1. The minimum absolute atomic E-state index is 0.332. The summed E-state index contributed by atoms with van der Waals surface area (Å²) in [4.78, 5) is 9.03. The van der Waals surface area contributed by atoms with Gasteiger partial charge in [0.15, 0.2) is 5.65 Å². The predicted molar refractivity (Wildman–Crippen MR) is 112 cm³/mol. The van der Waals surface area contributed by atoms with Crippen LogP contribution >= 0.6 is 0 Å². The highest BCUT2D eigenvalue weighted by Gasteiger charge is 2.22. The fourth-order valence-electron chi connectivity index (χ4n) is 3.51. The van der Waals surface area contributed by atoms with Crippen LogP contribution in [-0.4, -0.2) is 25.3 Å². The number of hydrogen-bond donors (Lipinski definition) is 2. The zero-order chi connectivity index (χ0) is 20.2. The van der Waals surface area contributed by atoms with E-state index in [9.17, 15) is 5.11 Å². The zero-order valence-corrected chi connectivity index (χ0v) is 16.6. The van der Waals surface area contributed by atoms with Gasteiger partial charge in [-0.1, -0.05) is 37.3 Å². The highest BCUT2D eigenvalue weighted by Crippen LogP contribution is 2.35. The number of benzene rings is 1. The Morgan fingerprint density at radius 2 is 1.93 bits per heavy atom. The summed E-state index contributed by atoms with van der Waals surface area (Å²) in [7, 11) is 0. The van der Waals surface area contributed by atoms with Gasteiger partial charge in [0.05, 0.1) is 31.2 Å². The highest BCUT2D eigenvalue weighted by atomic mass is 16.5. The maximum Gasteiger partial charge on any atom is 0.156 e. The number of aliphatic hydroxyl groups is 1. The van der Waals surface area contributed by atoms with E-state index in [2.05, 4.69) is 26.2 Å². The lowest BCUT2D eigenvalue weighted by Gasteiger charge is -2.19. The van der Waals surface area contributed by atoms with E-state index < -0.39 is 6.10 Å². The standard InChI is InChI=1S/C23H24N4O2/c1-3-20(28)22-19(14-29-13-16-7-5-4-6-8-16)21(17-9-15(2)10-24-11-17)18-12-25-27-23(18)26-22/h4-12,20,28H,3,13-14H2,1-2H3,(H,25,26,27). The van der Waals surface area contributed by atoms with Crippen molar-refractivity contribution < 1.29 is 9.84 Å². The Balaban J connectivity index is 1.81. The van der Waals surface area contributed by atoms with Crippen LogP contribution in [0.4, 0.5) is 0 Å². The van der Waals surface area contributed by atoms with Crippen LogP contribution in [0.25, 0.3) is 22.2 Å². The molecule has 0 saturated carbocycles. The van der Waals surface area contributed by atoms with Crippen LogP contribution in [0.1, 0.15) is 41.8 Å². The van der Waals surface area contributed by atoms with Crippen molar-refractivity contribution in [1.29, 1.82) is 0 Å². The van der Waals surface area contributed by atoms with Gasteiger partial charge < -0.3 is 9.84 Å². The van der Waals surface area contributed by atoms with Crippen molar-refractivity contribution in [3.8, 4) is 11.1 Å². The van der Waals surface area contributed by atoms with Gasteiger partial charge in [0.25, 0.3) is 0 Å². The topological polar surface area (TPSA) is 83.9 Å². The number of H-pyrrole nitrogens is 1. The van der Waals surface area contributed by atoms with E-state index in [-0.39, 0.29) is 0 Å². The monoisotopic (exact) mass is 388 g/mol. The van der Waals surface area contributed by atoms with Crippen molar-refractivity contribution in [3.05, 3.63) is 77.4 Å². The van der Waals surface area contributed by atoms with Gasteiger partial charge in [-0.25, -0.2) is 4.98 Å². The molecule has 0 aliphatic rings. The molecule has 0 bridgehead atoms. The molecule has 3 aromatic heterocycles. The molecule has 2 N–H and O–H groups in total. The normalized spacial score (nSPS) is 12.4. The third-order valence-corrected chi connectivity index (χ3v) is 4.96. The number of nitrogens with zero attached hydrogens (tertiary/aromatic N) is 3. The second-order valence-electron chi connectivity index (χ2n) is 7.14. The zero-order valence-electron chi connectivity index (χ0n) is 16.6. The molecule has 6 nitrogen and oxygen atoms in total. The van der Waals surface area contributed by atoms with Crippen molar-refractivity contribution in [2.24, 2.45) is 0 Å². The van der Waals surface area contributed by atoms with Gasteiger partial charge in [0, 0.05) is 34.5 Å². The minimum Gasteiger partial charge on any atom is -0.387 e. The first kappa shape index (κ1) is 19.2. The molecule has 0 aliphatic carbocycles. The summed E-state index contributed by atoms with van der Waals surface area (Å²) in [5.41, 5.74) is 6.21. The summed E-state index contributed by atoms with van der Waals surface area (Å²) in [5, 5.41) is 18.7. The Morgan fingerprint density at radius 3 is 2.69 bits per heavy atom. The third kappa shape index (κ3) is 4.04. The largest absolute Gasteiger partial charge is 0.387 e. The Labute approximate surface area is 169 Å². The van der Waals surface area contributed by atoms with Crippen LogP contribution in [0.5, 0.6) is 0 Å². The molecule has 0 saturated heterocycles. The third-order valence-electron chi connectivity index (χ3n) is 4.96. The van der Waals surface area contributed by atoms with Gasteiger partial charge in [-0.3, -0.25) is 10.1 Å². The molecule has 148 valence electrons. The molecule has 29 heavy (non-hydrogen) atoms. The molecule has 0 fully saturated rings. The predicted octanol–water partition coefficient (Wildman–Crippen LogP) is 4.49. The lowest BCUT2D eigenvalue weighted by molar-refractivity contribution is 0.102. The van der Waals surface area contributed by atoms with Gasteiger partial charge >= 0.3 is 0 Å². The fourth-order valence-corrected chi connectivity index (χ4v) is 3.51. The van der Waals surface area contributed by atoms with Crippen LogP contribution in [0.15, 0.2) is 55.0 Å². The van der Waals surface area contributed by atoms with Crippen LogP contribution in [0, 0.1) is 6.92 Å². The van der Waals surface area contributed by atoms with Crippen molar-refractivity contribution in [2.45, 2.75) is 39.6 Å². The average molecular weight is 388 g/mol. The smallest absolute Gasteiger partial charge is 0.156 e. The number of aryl methyl sites for hydroxylation is 1. The molecule has 6 heteroatoms. The van der Waals surface area contributed by atoms with E-state index in [0.717, 1.165) is 33.2 Å². The Hall–Kier alpha value is -3.09. The lowest BCUT2D eigenvalue weighted by atomic mass is 9.94. The second-order valence-corrected chi connectivity index (χ2v) is 7.14. The number of fused-ring (bicyclic) bond motifs is 1. The molecule has 4 rings (SSSR count). The number of pyridine rings is 2. The van der Waals surface area contributed by atoms with E-state index >= 15 is 0 Å². The highest BCUT2D eigenvalue weighted by molar-refractivity contribution is 5.94. The number of nitrogens with one attached hydrogen (secondary N) is 1. The summed E-state index contributed by atoms with van der Waals surface area (Å²) in [5.74, 6) is 0. The number of ether oxygens (including phenoxy) is 1. The molecule has 3 heterocycles. The molecule has 0 amide bonds. The van der Waals surface area contributed by atoms with E-state index in [4.69, 9.17) is 4.74 Å². The van der Waals surface area contributed by atoms with E-state index in [0.29, 0.717) is 31.0 Å². The maximum absolute atomic E-state index is 10.7. The van der Waals surface area contributed by atoms with Crippen LogP contribution in [-0.2, 0) is 18.0 Å². The molecule has 1 atom stereocenters. The minimum atomic E-state index is -0.686. The molecular formula is C23H24N4O2. The Kier molecular flexibility index (Phi) is 5.64. The SMILES string of the molecule is CCC(O)c1nc2[nH]ncc2c(-c2cncc(C)c2)c1COCc1ccccc1. The second kappa shape index (κ2) is 8.51. The van der Waals surface area contributed by atoms with Gasteiger partial charge in [-0.05, 0) is 30.5 Å². The summed E-state index contributed by atoms with van der Waals surface area (Å²) >= 11 is 0. The first-order valence-electron chi connectivity index (χ1n) is 9.75. The van der Waals surface area contributed by atoms with Gasteiger partial charge in [0.2, 0.25) is 0 Å². The molecular weight excluding hydrogens is 364 g/mol. The lowest BCUT2D eigenvalue weighted by Crippen LogP contribution is -2.09. The van der Waals surface area contributed by atoms with E-state index in [1.807, 2.05) is 56.6 Å². The summed E-state index contributed by atoms with van der Waals surface area (Å²) in [6.45, 7) is 4.76. The van der Waals surface area contributed by atoms with Crippen molar-refractivity contribution >= 4 is 11.0 Å². The summed E-state index contributed by atoms with van der Waals surface area (Å²) in [6.07, 6.45) is 5.30. The summed E-state index contributed by atoms with van der Waals surface area (Å²) < 4.78 is 6.06. The number of rotatable bonds is 7. The van der Waals surface area contributed by atoms with Gasteiger partial charge in [-0.2, -0.15) is 5.10 Å². The summed E-state index contributed by atoms with van der Waals surface area (Å²) in [6, 6.07) is 12.1. The maximum atomic E-state index is 10.7. The molecule has 4 aromatic rings. The molecule has 0 aliphatic heterocycles. The molecule has 0 spiro atoms. The number of hydrogen-bond acceptors (Lipinski definition) is 5. The number of aliphatic hydroxyl groups excluding tert-OH is 1. The van der Waals surface area contributed by atoms with Gasteiger partial charge in [-0.15, -0.1) is 0 Å². The van der Waals surface area contributed by atoms with E-state index in [1.165, 1.54) is 0 Å². The van der Waals surface area contributed by atoms with Crippen molar-refractivity contribution in [3.63, 3.8) is 0 Å². The average Bonchev–Trinajstić information content (AvgIpc) is 3.21. The first-order valence-corrected chi connectivity index (χ1v) is 9.75. The quantitative estimate of drug-likeness (QED) is 0.487. The molecule has 1 unspecified atom stereocenters. The van der Waals surface area contributed by atoms with E-state index in [1.54, 1.807) is 6.20 Å². The van der Waals surface area contributed by atoms with Crippen LogP contribution in [0.2, 0.25) is 0 Å².